The average molecular weight is 261 g/mol. The van der Waals surface area contributed by atoms with E-state index in [2.05, 4.69) is 12.2 Å². The molecule has 0 spiro atoms. The molecule has 102 valence electrons. The largest absolute Gasteiger partial charge is 0.481 e. The van der Waals surface area contributed by atoms with Gasteiger partial charge in [0.15, 0.2) is 0 Å². The van der Waals surface area contributed by atoms with Gasteiger partial charge in [-0.3, -0.25) is 9.59 Å². The predicted molar refractivity (Wildman–Crippen MR) is 73.0 cm³/mol. The van der Waals surface area contributed by atoms with Crippen molar-refractivity contribution in [2.24, 2.45) is 11.8 Å². The van der Waals surface area contributed by atoms with Gasteiger partial charge in [-0.1, -0.05) is 19.1 Å². The fourth-order valence-corrected chi connectivity index (χ4v) is 2.02. The Morgan fingerprint density at radius 2 is 1.79 bits per heavy atom. The first-order valence-corrected chi connectivity index (χ1v) is 6.47. The maximum atomic E-state index is 11.8. The lowest BCUT2D eigenvalue weighted by Gasteiger charge is -2.19. The van der Waals surface area contributed by atoms with E-state index in [-0.39, 0.29) is 11.8 Å². The summed E-state index contributed by atoms with van der Waals surface area (Å²) in [4.78, 5) is 22.9. The number of rotatable bonds is 4. The summed E-state index contributed by atoms with van der Waals surface area (Å²) in [5, 5.41) is 12.0. The van der Waals surface area contributed by atoms with Gasteiger partial charge in [0.2, 0.25) is 5.91 Å². The molecule has 4 heteroatoms. The van der Waals surface area contributed by atoms with Crippen LogP contribution in [0.1, 0.15) is 32.8 Å². The Hall–Kier alpha value is -1.84. The van der Waals surface area contributed by atoms with Gasteiger partial charge >= 0.3 is 5.97 Å². The van der Waals surface area contributed by atoms with Crippen LogP contribution in [0.5, 0.6) is 0 Å². The summed E-state index contributed by atoms with van der Waals surface area (Å²) in [6.45, 7) is 5.38. The van der Waals surface area contributed by atoms with E-state index in [0.29, 0.717) is 11.6 Å². The van der Waals surface area contributed by atoms with Crippen molar-refractivity contribution in [1.82, 2.24) is 0 Å². The van der Waals surface area contributed by atoms with Gasteiger partial charge in [-0.05, 0) is 43.9 Å². The second kappa shape index (κ2) is 4.68. The third kappa shape index (κ3) is 2.78. The molecule has 0 bridgehead atoms. The molecule has 0 heterocycles. The van der Waals surface area contributed by atoms with Gasteiger partial charge in [0.1, 0.15) is 0 Å². The number of carbonyl (C=O) groups excluding carboxylic acids is 1. The lowest BCUT2D eigenvalue weighted by Crippen LogP contribution is -2.28. The second-order valence-electron chi connectivity index (χ2n) is 5.82. The van der Waals surface area contributed by atoms with Crippen LogP contribution >= 0.6 is 0 Å². The molecule has 1 saturated carbocycles. The van der Waals surface area contributed by atoms with E-state index in [0.717, 1.165) is 12.0 Å². The molecule has 1 fully saturated rings. The minimum atomic E-state index is -0.923. The van der Waals surface area contributed by atoms with Crippen LogP contribution in [0.25, 0.3) is 0 Å². The number of amides is 1. The number of nitrogens with one attached hydrogen (secondary N) is 1. The molecule has 1 aromatic carbocycles. The molecular formula is C15H19NO3. The molecule has 1 amide bonds. The van der Waals surface area contributed by atoms with Crippen molar-refractivity contribution in [3.05, 3.63) is 29.8 Å². The summed E-state index contributed by atoms with van der Waals surface area (Å²) in [7, 11) is 0. The summed E-state index contributed by atoms with van der Waals surface area (Å²) < 4.78 is 0. The number of carboxylic acids is 1. The van der Waals surface area contributed by atoms with Crippen LogP contribution in [0.2, 0.25) is 0 Å². The maximum Gasteiger partial charge on any atom is 0.313 e. The van der Waals surface area contributed by atoms with Crippen LogP contribution in [0.4, 0.5) is 5.69 Å². The second-order valence-corrected chi connectivity index (χ2v) is 5.82. The quantitative estimate of drug-likeness (QED) is 0.875. The van der Waals surface area contributed by atoms with Crippen LogP contribution in [-0.4, -0.2) is 17.0 Å². The van der Waals surface area contributed by atoms with Gasteiger partial charge in [0.05, 0.1) is 5.41 Å². The van der Waals surface area contributed by atoms with Crippen molar-refractivity contribution < 1.29 is 14.7 Å². The SMILES string of the molecule is C[C@@H]1C[C@H]1C(=O)Nc1ccc(C(C)(C)C(=O)O)cc1. The van der Waals surface area contributed by atoms with E-state index in [4.69, 9.17) is 5.11 Å². The molecule has 0 radical (unpaired) electrons. The molecule has 0 unspecified atom stereocenters. The van der Waals surface area contributed by atoms with Crippen molar-refractivity contribution in [3.8, 4) is 0 Å². The van der Waals surface area contributed by atoms with Crippen LogP contribution in [0, 0.1) is 11.8 Å². The fourth-order valence-electron chi connectivity index (χ4n) is 2.02. The van der Waals surface area contributed by atoms with Gasteiger partial charge in [-0.2, -0.15) is 0 Å². The molecule has 1 aliphatic carbocycles. The monoisotopic (exact) mass is 261 g/mol. The Morgan fingerprint density at radius 1 is 1.26 bits per heavy atom. The number of carbonyl (C=O) groups is 2. The highest BCUT2D eigenvalue weighted by atomic mass is 16.4. The zero-order chi connectivity index (χ0) is 14.2. The van der Waals surface area contributed by atoms with Gasteiger partial charge in [0, 0.05) is 11.6 Å². The third-order valence-electron chi connectivity index (χ3n) is 3.86. The Balaban J connectivity index is 2.06. The molecule has 4 nitrogen and oxygen atoms in total. The van der Waals surface area contributed by atoms with Crippen LogP contribution in [0.15, 0.2) is 24.3 Å². The van der Waals surface area contributed by atoms with Gasteiger partial charge in [-0.15, -0.1) is 0 Å². The van der Waals surface area contributed by atoms with E-state index >= 15 is 0 Å². The molecule has 0 aromatic heterocycles. The molecule has 2 rings (SSSR count). The number of benzene rings is 1. The van der Waals surface area contributed by atoms with Crippen LogP contribution in [0.3, 0.4) is 0 Å². The topological polar surface area (TPSA) is 66.4 Å². The van der Waals surface area contributed by atoms with Crippen molar-refractivity contribution in [2.75, 3.05) is 5.32 Å². The summed E-state index contributed by atoms with van der Waals surface area (Å²) in [5.74, 6) is -0.200. The maximum absolute atomic E-state index is 11.8. The average Bonchev–Trinajstić information content (AvgIpc) is 3.07. The fraction of sp³-hybridized carbons (Fsp3) is 0.467. The third-order valence-corrected chi connectivity index (χ3v) is 3.86. The zero-order valence-corrected chi connectivity index (χ0v) is 11.4. The first-order valence-electron chi connectivity index (χ1n) is 6.47. The molecule has 2 N–H and O–H groups in total. The molecule has 19 heavy (non-hydrogen) atoms. The Labute approximate surface area is 112 Å². The van der Waals surface area contributed by atoms with E-state index in [1.165, 1.54) is 0 Å². The highest BCUT2D eigenvalue weighted by Gasteiger charge is 2.39. The molecule has 0 aliphatic heterocycles. The molecule has 0 saturated heterocycles. The zero-order valence-electron chi connectivity index (χ0n) is 11.4. The number of hydrogen-bond acceptors (Lipinski definition) is 2. The number of carboxylic acid groups (broad SMARTS) is 1. The lowest BCUT2D eigenvalue weighted by molar-refractivity contribution is -0.142. The highest BCUT2D eigenvalue weighted by molar-refractivity contribution is 5.94. The Kier molecular flexibility index (Phi) is 3.35. The summed E-state index contributed by atoms with van der Waals surface area (Å²) in [6, 6.07) is 7.01. The van der Waals surface area contributed by atoms with Gasteiger partial charge < -0.3 is 10.4 Å². The number of anilines is 1. The van der Waals surface area contributed by atoms with E-state index < -0.39 is 11.4 Å². The van der Waals surface area contributed by atoms with Crippen LogP contribution < -0.4 is 5.32 Å². The Bertz CT molecular complexity index is 505. The van der Waals surface area contributed by atoms with Crippen LogP contribution in [-0.2, 0) is 15.0 Å². The number of aliphatic carboxylic acids is 1. The summed E-state index contributed by atoms with van der Waals surface area (Å²) >= 11 is 0. The predicted octanol–water partition coefficient (Wildman–Crippen LogP) is 2.64. The first kappa shape index (κ1) is 13.6. The minimum absolute atomic E-state index is 0.0535. The van der Waals surface area contributed by atoms with E-state index in [1.807, 2.05) is 0 Å². The van der Waals surface area contributed by atoms with Crippen molar-refractivity contribution in [3.63, 3.8) is 0 Å². The van der Waals surface area contributed by atoms with Gasteiger partial charge in [-0.25, -0.2) is 0 Å². The molecule has 1 aromatic rings. The van der Waals surface area contributed by atoms with Gasteiger partial charge in [0.25, 0.3) is 0 Å². The first-order chi connectivity index (χ1) is 8.82. The van der Waals surface area contributed by atoms with E-state index in [9.17, 15) is 9.59 Å². The Morgan fingerprint density at radius 3 is 2.21 bits per heavy atom. The van der Waals surface area contributed by atoms with Crippen molar-refractivity contribution in [2.45, 2.75) is 32.6 Å². The molecular weight excluding hydrogens is 242 g/mol. The molecule has 1 aliphatic rings. The summed E-state index contributed by atoms with van der Waals surface area (Å²) in [6.07, 6.45) is 0.954. The summed E-state index contributed by atoms with van der Waals surface area (Å²) in [5.41, 5.74) is 0.514. The lowest BCUT2D eigenvalue weighted by atomic mass is 9.85. The van der Waals surface area contributed by atoms with Crippen molar-refractivity contribution in [1.29, 1.82) is 0 Å². The smallest absolute Gasteiger partial charge is 0.313 e. The van der Waals surface area contributed by atoms with Crippen molar-refractivity contribution >= 4 is 17.6 Å². The molecule has 2 atom stereocenters. The normalized spacial score (nSPS) is 21.8. The van der Waals surface area contributed by atoms with E-state index in [1.54, 1.807) is 38.1 Å². The highest BCUT2D eigenvalue weighted by Crippen LogP contribution is 2.38. The minimum Gasteiger partial charge on any atom is -0.481 e. The standard InChI is InChI=1S/C15H19NO3/c1-9-8-12(9)13(17)16-11-6-4-10(5-7-11)15(2,3)14(18)19/h4-7,9,12H,8H2,1-3H3,(H,16,17)(H,18,19)/t9-,12-/m1/s1. The number of hydrogen-bond donors (Lipinski definition) is 2.